The third-order valence-electron chi connectivity index (χ3n) is 5.29. The first-order chi connectivity index (χ1) is 11.7. The molecule has 2 aliphatic rings. The van der Waals surface area contributed by atoms with Gasteiger partial charge < -0.3 is 9.80 Å². The maximum Gasteiger partial charge on any atom is 0.254 e. The van der Waals surface area contributed by atoms with E-state index in [1.165, 1.54) is 19.2 Å². The quantitative estimate of drug-likeness (QED) is 0.852. The molecule has 0 spiro atoms. The predicted octanol–water partition coefficient (Wildman–Crippen LogP) is 1.36. The lowest BCUT2D eigenvalue weighted by Gasteiger charge is -2.33. The van der Waals surface area contributed by atoms with Crippen molar-refractivity contribution in [2.75, 3.05) is 20.1 Å². The van der Waals surface area contributed by atoms with Crippen molar-refractivity contribution in [3.05, 3.63) is 36.2 Å². The molecule has 4 rings (SSSR count). The fraction of sp³-hybridized carbons (Fsp3) is 0.529. The van der Waals surface area contributed by atoms with Crippen molar-refractivity contribution < 1.29 is 4.79 Å². The average molecular weight is 326 g/mol. The van der Waals surface area contributed by atoms with Crippen molar-refractivity contribution in [2.24, 2.45) is 0 Å². The number of carbonyl (C=O) groups excluding carboxylic acids is 1. The molecule has 1 aromatic carbocycles. The van der Waals surface area contributed by atoms with Gasteiger partial charge in [0.1, 0.15) is 6.33 Å². The van der Waals surface area contributed by atoms with E-state index in [4.69, 9.17) is 0 Å². The maximum atomic E-state index is 13.1. The summed E-state index contributed by atoms with van der Waals surface area (Å²) in [5.74, 6) is 0.118. The van der Waals surface area contributed by atoms with Crippen LogP contribution in [0, 0.1) is 0 Å². The van der Waals surface area contributed by atoms with E-state index < -0.39 is 0 Å². The smallest absolute Gasteiger partial charge is 0.254 e. The number of tetrazole rings is 1. The van der Waals surface area contributed by atoms with Gasteiger partial charge in [-0.25, -0.2) is 4.68 Å². The summed E-state index contributed by atoms with van der Waals surface area (Å²) in [5.41, 5.74) is 1.51. The number of hydrogen-bond acceptors (Lipinski definition) is 5. The molecular formula is C17H22N6O. The standard InChI is InChI=1S/C17H22N6O/c1-21-9-3-7-15(21)16-8-4-10-22(16)17(24)13-5-2-6-14(11-13)23-12-18-19-20-23/h2,5-6,11-12,15-16H,3-4,7-10H2,1H3/t15-,16-/m0/s1. The SMILES string of the molecule is CN1CCC[C@H]1[C@@H]1CCCN1C(=O)c1cccc(-n2cnnn2)c1. The van der Waals surface area contributed by atoms with E-state index in [9.17, 15) is 4.79 Å². The molecule has 0 radical (unpaired) electrons. The van der Waals surface area contributed by atoms with Crippen LogP contribution in [0.1, 0.15) is 36.0 Å². The van der Waals surface area contributed by atoms with Crippen LogP contribution < -0.4 is 0 Å². The Morgan fingerprint density at radius 3 is 2.75 bits per heavy atom. The number of carbonyl (C=O) groups is 1. The summed E-state index contributed by atoms with van der Waals surface area (Å²) in [7, 11) is 2.18. The lowest BCUT2D eigenvalue weighted by Crippen LogP contribution is -2.47. The number of likely N-dealkylation sites (tertiary alicyclic amines) is 2. The Morgan fingerprint density at radius 1 is 1.17 bits per heavy atom. The molecule has 0 bridgehead atoms. The highest BCUT2D eigenvalue weighted by molar-refractivity contribution is 5.95. The Hall–Kier alpha value is -2.28. The summed E-state index contributed by atoms with van der Waals surface area (Å²) in [4.78, 5) is 17.6. The normalized spacial score (nSPS) is 24.6. The molecule has 0 aliphatic carbocycles. The van der Waals surface area contributed by atoms with Crippen molar-refractivity contribution in [1.29, 1.82) is 0 Å². The van der Waals surface area contributed by atoms with Crippen LogP contribution in [-0.2, 0) is 0 Å². The molecule has 0 unspecified atom stereocenters. The molecule has 2 aliphatic heterocycles. The molecule has 3 heterocycles. The molecule has 2 aromatic rings. The first-order valence-electron chi connectivity index (χ1n) is 8.58. The lowest BCUT2D eigenvalue weighted by atomic mass is 10.0. The molecule has 2 saturated heterocycles. The molecule has 24 heavy (non-hydrogen) atoms. The third kappa shape index (κ3) is 2.69. The van der Waals surface area contributed by atoms with Crippen LogP contribution in [0.4, 0.5) is 0 Å². The van der Waals surface area contributed by atoms with Crippen LogP contribution in [0.5, 0.6) is 0 Å². The highest BCUT2D eigenvalue weighted by Gasteiger charge is 2.38. The van der Waals surface area contributed by atoms with Crippen molar-refractivity contribution in [2.45, 2.75) is 37.8 Å². The molecule has 2 fully saturated rings. The Balaban J connectivity index is 1.58. The zero-order valence-corrected chi connectivity index (χ0v) is 13.9. The van der Waals surface area contributed by atoms with E-state index in [1.54, 1.807) is 4.68 Å². The van der Waals surface area contributed by atoms with Gasteiger partial charge in [0.15, 0.2) is 0 Å². The van der Waals surface area contributed by atoms with Gasteiger partial charge in [-0.2, -0.15) is 0 Å². The molecule has 126 valence electrons. The van der Waals surface area contributed by atoms with E-state index >= 15 is 0 Å². The molecule has 7 nitrogen and oxygen atoms in total. The molecule has 7 heteroatoms. The van der Waals surface area contributed by atoms with Gasteiger partial charge in [0.2, 0.25) is 0 Å². The van der Waals surface area contributed by atoms with Crippen LogP contribution >= 0.6 is 0 Å². The first-order valence-corrected chi connectivity index (χ1v) is 8.58. The second-order valence-electron chi connectivity index (χ2n) is 6.70. The van der Waals surface area contributed by atoms with Gasteiger partial charge in [0.25, 0.3) is 5.91 Å². The first kappa shape index (κ1) is 15.3. The predicted molar refractivity (Wildman–Crippen MR) is 88.9 cm³/mol. The molecule has 0 saturated carbocycles. The average Bonchev–Trinajstić information content (AvgIpc) is 3.35. The van der Waals surface area contributed by atoms with Crippen LogP contribution in [0.3, 0.4) is 0 Å². The number of amides is 1. The summed E-state index contributed by atoms with van der Waals surface area (Å²) < 4.78 is 1.57. The zero-order chi connectivity index (χ0) is 16.5. The summed E-state index contributed by atoms with van der Waals surface area (Å²) >= 11 is 0. The number of rotatable bonds is 3. The largest absolute Gasteiger partial charge is 0.334 e. The van der Waals surface area contributed by atoms with E-state index in [2.05, 4.69) is 32.4 Å². The molecular weight excluding hydrogens is 304 g/mol. The topological polar surface area (TPSA) is 67.2 Å². The van der Waals surface area contributed by atoms with Crippen molar-refractivity contribution >= 4 is 5.91 Å². The van der Waals surface area contributed by atoms with Crippen LogP contribution in [0.25, 0.3) is 5.69 Å². The molecule has 1 amide bonds. The van der Waals surface area contributed by atoms with Crippen molar-refractivity contribution in [3.63, 3.8) is 0 Å². The minimum absolute atomic E-state index is 0.118. The van der Waals surface area contributed by atoms with Gasteiger partial charge in [0.05, 0.1) is 5.69 Å². The van der Waals surface area contributed by atoms with Crippen LogP contribution in [0.15, 0.2) is 30.6 Å². The van der Waals surface area contributed by atoms with Gasteiger partial charge in [-0.1, -0.05) is 6.07 Å². The van der Waals surface area contributed by atoms with E-state index in [0.29, 0.717) is 17.6 Å². The summed E-state index contributed by atoms with van der Waals surface area (Å²) in [6, 6.07) is 8.37. The highest BCUT2D eigenvalue weighted by Crippen LogP contribution is 2.30. The van der Waals surface area contributed by atoms with Gasteiger partial charge in [0, 0.05) is 24.2 Å². The zero-order valence-electron chi connectivity index (χ0n) is 13.9. The maximum absolute atomic E-state index is 13.1. The Bertz CT molecular complexity index is 716. The van der Waals surface area contributed by atoms with E-state index in [0.717, 1.165) is 31.6 Å². The Kier molecular flexibility index (Phi) is 4.02. The second kappa shape index (κ2) is 6.32. The van der Waals surface area contributed by atoms with Crippen molar-refractivity contribution in [1.82, 2.24) is 30.0 Å². The summed E-state index contributed by atoms with van der Waals surface area (Å²) in [5, 5.41) is 11.2. The number of aromatic nitrogens is 4. The van der Waals surface area contributed by atoms with Gasteiger partial charge >= 0.3 is 0 Å². The highest BCUT2D eigenvalue weighted by atomic mass is 16.2. The van der Waals surface area contributed by atoms with E-state index in [-0.39, 0.29) is 5.91 Å². The van der Waals surface area contributed by atoms with Crippen LogP contribution in [-0.4, -0.2) is 68.1 Å². The minimum Gasteiger partial charge on any atom is -0.334 e. The molecule has 0 N–H and O–H groups in total. The number of nitrogens with zero attached hydrogens (tertiary/aromatic N) is 6. The van der Waals surface area contributed by atoms with Gasteiger partial charge in [-0.3, -0.25) is 4.79 Å². The molecule has 1 aromatic heterocycles. The Morgan fingerprint density at radius 2 is 2.00 bits per heavy atom. The van der Waals surface area contributed by atoms with Gasteiger partial charge in [-0.05, 0) is 67.9 Å². The number of hydrogen-bond donors (Lipinski definition) is 0. The summed E-state index contributed by atoms with van der Waals surface area (Å²) in [6.45, 7) is 1.99. The van der Waals surface area contributed by atoms with Gasteiger partial charge in [-0.15, -0.1) is 5.10 Å². The second-order valence-corrected chi connectivity index (χ2v) is 6.70. The van der Waals surface area contributed by atoms with Crippen molar-refractivity contribution in [3.8, 4) is 5.69 Å². The lowest BCUT2D eigenvalue weighted by molar-refractivity contribution is 0.0664. The number of likely N-dealkylation sites (N-methyl/N-ethyl adjacent to an activating group) is 1. The third-order valence-corrected chi connectivity index (χ3v) is 5.29. The molecule has 2 atom stereocenters. The van der Waals surface area contributed by atoms with Crippen LogP contribution in [0.2, 0.25) is 0 Å². The minimum atomic E-state index is 0.118. The number of benzene rings is 1. The fourth-order valence-corrected chi connectivity index (χ4v) is 4.09. The Labute approximate surface area is 141 Å². The monoisotopic (exact) mass is 326 g/mol. The van der Waals surface area contributed by atoms with E-state index in [1.807, 2.05) is 24.3 Å². The fourth-order valence-electron chi connectivity index (χ4n) is 4.09. The summed E-state index contributed by atoms with van der Waals surface area (Å²) in [6.07, 6.45) is 6.15.